The highest BCUT2D eigenvalue weighted by Gasteiger charge is 2.31. The SMILES string of the molecule is Cc1cccc(-c2ccc(-c3cc4cnc(C)nc4n(CCS(=O)(=O)C4CNC4)c3=O)c(Cl)c2)n1. The van der Waals surface area contributed by atoms with Gasteiger partial charge >= 0.3 is 0 Å². The van der Waals surface area contributed by atoms with Gasteiger partial charge in [-0.2, -0.15) is 0 Å². The van der Waals surface area contributed by atoms with E-state index >= 15 is 0 Å². The zero-order valence-electron chi connectivity index (χ0n) is 19.3. The van der Waals surface area contributed by atoms with Crippen molar-refractivity contribution in [2.45, 2.75) is 25.6 Å². The zero-order valence-corrected chi connectivity index (χ0v) is 20.9. The zero-order chi connectivity index (χ0) is 24.7. The molecule has 0 atom stereocenters. The molecule has 4 heterocycles. The van der Waals surface area contributed by atoms with Crippen molar-refractivity contribution in [1.82, 2.24) is 24.8 Å². The molecule has 5 rings (SSSR count). The lowest BCUT2D eigenvalue weighted by Crippen LogP contribution is -2.52. The number of sulfone groups is 1. The van der Waals surface area contributed by atoms with Gasteiger partial charge in [-0.05, 0) is 38.1 Å². The monoisotopic (exact) mass is 509 g/mol. The van der Waals surface area contributed by atoms with Crippen molar-refractivity contribution in [2.75, 3.05) is 18.8 Å². The summed E-state index contributed by atoms with van der Waals surface area (Å²) in [6.07, 6.45) is 1.64. The lowest BCUT2D eigenvalue weighted by Gasteiger charge is -2.27. The van der Waals surface area contributed by atoms with Gasteiger partial charge in [0, 0.05) is 58.6 Å². The van der Waals surface area contributed by atoms with Gasteiger partial charge in [-0.3, -0.25) is 14.3 Å². The number of hydrogen-bond acceptors (Lipinski definition) is 7. The molecular formula is C25H24ClN5O3S. The minimum Gasteiger partial charge on any atom is -0.314 e. The Bertz CT molecular complexity index is 1610. The van der Waals surface area contributed by atoms with E-state index in [4.69, 9.17) is 11.6 Å². The van der Waals surface area contributed by atoms with Crippen molar-refractivity contribution >= 4 is 32.5 Å². The molecule has 4 aromatic rings. The Morgan fingerprint density at radius 3 is 2.57 bits per heavy atom. The van der Waals surface area contributed by atoms with Crippen molar-refractivity contribution in [2.24, 2.45) is 0 Å². The number of nitrogens with one attached hydrogen (secondary N) is 1. The largest absolute Gasteiger partial charge is 0.314 e. The van der Waals surface area contributed by atoms with Crippen LogP contribution >= 0.6 is 11.6 Å². The summed E-state index contributed by atoms with van der Waals surface area (Å²) in [5.41, 5.74) is 3.49. The molecule has 180 valence electrons. The van der Waals surface area contributed by atoms with E-state index in [-0.39, 0.29) is 17.9 Å². The van der Waals surface area contributed by atoms with Crippen LogP contribution in [0.25, 0.3) is 33.4 Å². The minimum atomic E-state index is -3.34. The molecule has 1 saturated heterocycles. The number of halogens is 1. The van der Waals surface area contributed by atoms with Crippen LogP contribution in [0.5, 0.6) is 0 Å². The second-order valence-electron chi connectivity index (χ2n) is 8.72. The second kappa shape index (κ2) is 9.14. The van der Waals surface area contributed by atoms with Gasteiger partial charge in [-0.25, -0.2) is 18.4 Å². The van der Waals surface area contributed by atoms with Crippen LogP contribution in [0.15, 0.2) is 53.5 Å². The van der Waals surface area contributed by atoms with Crippen LogP contribution in [0, 0.1) is 13.8 Å². The molecule has 35 heavy (non-hydrogen) atoms. The normalized spacial score (nSPS) is 14.3. The van der Waals surface area contributed by atoms with Crippen LogP contribution in [0.2, 0.25) is 5.02 Å². The molecule has 1 aliphatic rings. The van der Waals surface area contributed by atoms with Gasteiger partial charge in [-0.15, -0.1) is 0 Å². The van der Waals surface area contributed by atoms with Crippen LogP contribution in [-0.2, 0) is 16.4 Å². The van der Waals surface area contributed by atoms with Crippen LogP contribution in [-0.4, -0.2) is 52.0 Å². The number of nitrogens with zero attached hydrogens (tertiary/aromatic N) is 4. The number of pyridine rings is 2. The quantitative estimate of drug-likeness (QED) is 0.425. The first kappa shape index (κ1) is 23.6. The Hall–Kier alpha value is -3.14. The molecule has 1 fully saturated rings. The summed E-state index contributed by atoms with van der Waals surface area (Å²) in [5.74, 6) is 0.351. The fourth-order valence-electron chi connectivity index (χ4n) is 4.14. The molecule has 10 heteroatoms. The Labute approximate surface area is 208 Å². The summed E-state index contributed by atoms with van der Waals surface area (Å²) < 4.78 is 26.8. The molecule has 1 aromatic carbocycles. The first-order valence-electron chi connectivity index (χ1n) is 11.3. The number of rotatable bonds is 6. The van der Waals surface area contributed by atoms with Gasteiger partial charge in [0.25, 0.3) is 5.56 Å². The van der Waals surface area contributed by atoms with Gasteiger partial charge in [0.05, 0.1) is 16.7 Å². The van der Waals surface area contributed by atoms with E-state index in [2.05, 4.69) is 20.3 Å². The van der Waals surface area contributed by atoms with Crippen LogP contribution in [0.3, 0.4) is 0 Å². The molecule has 8 nitrogen and oxygen atoms in total. The third-order valence-corrected chi connectivity index (χ3v) is 8.66. The smallest absolute Gasteiger partial charge is 0.260 e. The average molecular weight is 510 g/mol. The summed E-state index contributed by atoms with van der Waals surface area (Å²) in [4.78, 5) is 26.9. The maximum atomic E-state index is 13.6. The molecule has 0 amide bonds. The first-order chi connectivity index (χ1) is 16.7. The lowest BCUT2D eigenvalue weighted by molar-refractivity contribution is 0.493. The number of aromatic nitrogens is 4. The van der Waals surface area contributed by atoms with E-state index < -0.39 is 15.1 Å². The summed E-state index contributed by atoms with van der Waals surface area (Å²) in [5, 5.41) is 3.60. The van der Waals surface area contributed by atoms with E-state index in [1.807, 2.05) is 31.2 Å². The summed E-state index contributed by atoms with van der Waals surface area (Å²) in [6, 6.07) is 12.9. The van der Waals surface area contributed by atoms with Crippen LogP contribution < -0.4 is 10.9 Å². The molecule has 0 aliphatic carbocycles. The fraction of sp³-hybridized carbons (Fsp3) is 0.280. The standard InChI is InChI=1S/C25H24ClN5O3S/c1-15-4-3-5-23(29-15)17-6-7-20(22(26)11-17)21-10-18-12-28-16(2)30-24(18)31(25(21)32)8-9-35(33,34)19-13-27-14-19/h3-7,10-12,19,27H,8-9,13-14H2,1-2H3. The number of benzene rings is 1. The van der Waals surface area contributed by atoms with E-state index in [0.717, 1.165) is 17.0 Å². The molecule has 1 N–H and O–H groups in total. The molecule has 0 unspecified atom stereocenters. The van der Waals surface area contributed by atoms with E-state index in [9.17, 15) is 13.2 Å². The molecule has 3 aromatic heterocycles. The van der Waals surface area contributed by atoms with E-state index in [0.29, 0.717) is 46.1 Å². The fourth-order valence-corrected chi connectivity index (χ4v) is 5.94. The molecule has 0 radical (unpaired) electrons. The second-order valence-corrected chi connectivity index (χ2v) is 11.5. The molecule has 0 spiro atoms. The Balaban J connectivity index is 1.60. The predicted octanol–water partition coefficient (Wildman–Crippen LogP) is 3.18. The van der Waals surface area contributed by atoms with Crippen molar-refractivity contribution in [3.8, 4) is 22.4 Å². The maximum absolute atomic E-state index is 13.6. The van der Waals surface area contributed by atoms with Crippen molar-refractivity contribution < 1.29 is 8.42 Å². The minimum absolute atomic E-state index is 0.00136. The lowest BCUT2D eigenvalue weighted by atomic mass is 10.0. The maximum Gasteiger partial charge on any atom is 0.260 e. The third-order valence-electron chi connectivity index (χ3n) is 6.24. The summed E-state index contributed by atoms with van der Waals surface area (Å²) in [7, 11) is -3.34. The van der Waals surface area contributed by atoms with Crippen molar-refractivity contribution in [3.63, 3.8) is 0 Å². The van der Waals surface area contributed by atoms with Crippen LogP contribution in [0.1, 0.15) is 11.5 Å². The third kappa shape index (κ3) is 4.59. The topological polar surface area (TPSA) is 107 Å². The highest BCUT2D eigenvalue weighted by atomic mass is 35.5. The number of fused-ring (bicyclic) bond motifs is 1. The van der Waals surface area contributed by atoms with Gasteiger partial charge < -0.3 is 5.32 Å². The van der Waals surface area contributed by atoms with E-state index in [1.54, 1.807) is 31.3 Å². The number of hydrogen-bond donors (Lipinski definition) is 1. The predicted molar refractivity (Wildman–Crippen MR) is 137 cm³/mol. The summed E-state index contributed by atoms with van der Waals surface area (Å²) in [6.45, 7) is 4.53. The molecule has 1 aliphatic heterocycles. The Kier molecular flexibility index (Phi) is 6.16. The van der Waals surface area contributed by atoms with Gasteiger partial charge in [0.2, 0.25) is 0 Å². The van der Waals surface area contributed by atoms with Gasteiger partial charge in [0.15, 0.2) is 9.84 Å². The molecule has 0 bridgehead atoms. The highest BCUT2D eigenvalue weighted by Crippen LogP contribution is 2.31. The summed E-state index contributed by atoms with van der Waals surface area (Å²) >= 11 is 6.66. The highest BCUT2D eigenvalue weighted by molar-refractivity contribution is 7.92. The molecule has 0 saturated carbocycles. The number of aryl methyl sites for hydroxylation is 3. The van der Waals surface area contributed by atoms with Crippen molar-refractivity contribution in [1.29, 1.82) is 0 Å². The van der Waals surface area contributed by atoms with Crippen LogP contribution in [0.4, 0.5) is 0 Å². The average Bonchev–Trinajstić information content (AvgIpc) is 2.77. The van der Waals surface area contributed by atoms with Gasteiger partial charge in [0.1, 0.15) is 11.5 Å². The van der Waals surface area contributed by atoms with E-state index in [1.165, 1.54) is 4.57 Å². The van der Waals surface area contributed by atoms with Gasteiger partial charge in [-0.1, -0.05) is 29.8 Å². The Morgan fingerprint density at radius 2 is 1.89 bits per heavy atom. The van der Waals surface area contributed by atoms with Crippen molar-refractivity contribution in [3.05, 3.63) is 75.6 Å². The molecular weight excluding hydrogens is 486 g/mol. The first-order valence-corrected chi connectivity index (χ1v) is 13.4. The Morgan fingerprint density at radius 1 is 1.09 bits per heavy atom.